The molecular weight excluding hydrogens is 494 g/mol. The number of nitrogens with two attached hydrogens (primary N) is 1. The van der Waals surface area contributed by atoms with Crippen LogP contribution in [0.4, 0.5) is 0 Å². The first-order valence-electron chi connectivity index (χ1n) is 12.0. The van der Waals surface area contributed by atoms with Gasteiger partial charge >= 0.3 is 0 Å². The van der Waals surface area contributed by atoms with Crippen molar-refractivity contribution in [2.45, 2.75) is 50.6 Å². The second-order valence-corrected chi connectivity index (χ2v) is 9.68. The van der Waals surface area contributed by atoms with E-state index in [1.54, 1.807) is 12.1 Å². The van der Waals surface area contributed by atoms with Crippen LogP contribution in [0.3, 0.4) is 0 Å². The quantitative estimate of drug-likeness (QED) is 0.0867. The Hall–Kier alpha value is -3.57. The number of hydrogen-bond donors (Lipinski definition) is 6. The molecule has 10 nitrogen and oxygen atoms in total. The summed E-state index contributed by atoms with van der Waals surface area (Å²) in [7, 11) is 0. The van der Waals surface area contributed by atoms with E-state index in [2.05, 4.69) is 21.4 Å². The van der Waals surface area contributed by atoms with Gasteiger partial charge in [-0.25, -0.2) is 5.84 Å². The molecule has 0 heterocycles. The summed E-state index contributed by atoms with van der Waals surface area (Å²) in [6.07, 6.45) is 1.16. The fourth-order valence-electron chi connectivity index (χ4n) is 3.55. The average Bonchev–Trinajstić information content (AvgIpc) is 2.91. The van der Waals surface area contributed by atoms with Crippen molar-refractivity contribution in [3.63, 3.8) is 0 Å². The number of phenolic OH excluding ortho intramolecular Hbond substituents is 1. The number of hydrazine groups is 1. The molecule has 0 aliphatic carbocycles. The summed E-state index contributed by atoms with van der Waals surface area (Å²) < 4.78 is 0. The maximum atomic E-state index is 13.3. The Morgan fingerprint density at radius 2 is 1.59 bits per heavy atom. The van der Waals surface area contributed by atoms with Gasteiger partial charge in [0.2, 0.25) is 18.2 Å². The van der Waals surface area contributed by atoms with Crippen LogP contribution >= 0.6 is 11.8 Å². The highest BCUT2D eigenvalue weighted by Gasteiger charge is 2.31. The fourth-order valence-corrected chi connectivity index (χ4v) is 4.57. The van der Waals surface area contributed by atoms with Gasteiger partial charge in [-0.1, -0.05) is 62.7 Å². The fraction of sp³-hybridized carbons (Fsp3) is 0.385. The van der Waals surface area contributed by atoms with Crippen LogP contribution in [0.25, 0.3) is 0 Å². The van der Waals surface area contributed by atoms with Crippen LogP contribution in [0.1, 0.15) is 31.4 Å². The van der Waals surface area contributed by atoms with Crippen molar-refractivity contribution in [1.82, 2.24) is 21.4 Å². The maximum Gasteiger partial charge on any atom is 0.256 e. The molecule has 0 aliphatic rings. The number of benzene rings is 2. The number of amides is 4. The van der Waals surface area contributed by atoms with Crippen molar-refractivity contribution in [1.29, 1.82) is 0 Å². The van der Waals surface area contributed by atoms with Crippen LogP contribution in [0, 0.1) is 5.92 Å². The van der Waals surface area contributed by atoms with Crippen molar-refractivity contribution >= 4 is 35.9 Å². The summed E-state index contributed by atoms with van der Waals surface area (Å²) in [6, 6.07) is 13.1. The van der Waals surface area contributed by atoms with E-state index < -0.39 is 35.8 Å². The zero-order valence-corrected chi connectivity index (χ0v) is 21.8. The van der Waals surface area contributed by atoms with Gasteiger partial charge in [-0.2, -0.15) is 11.8 Å². The second-order valence-electron chi connectivity index (χ2n) is 8.65. The smallest absolute Gasteiger partial charge is 0.256 e. The molecule has 0 bridgehead atoms. The Morgan fingerprint density at radius 1 is 0.946 bits per heavy atom. The van der Waals surface area contributed by atoms with E-state index in [-0.39, 0.29) is 23.8 Å². The van der Waals surface area contributed by atoms with E-state index in [0.717, 1.165) is 5.56 Å². The molecule has 0 aromatic heterocycles. The third-order valence-electron chi connectivity index (χ3n) is 5.93. The standard InChI is InChI=1S/C26H35N5O5S/c1-3-17(2)23(26(36)31-27)30-24(34)21(13-18-9-11-20(33)12-10-18)29-25(35)22(28-16-32)15-37-14-19-7-5-4-6-8-19/h4-12,16-17,21-23,33H,3,13-15,27H2,1-2H3,(H,28,32)(H,29,35)(H,30,34)(H,31,36)/t17-,21-,22-,23-/m0/s1. The molecule has 4 amide bonds. The van der Waals surface area contributed by atoms with E-state index in [9.17, 15) is 24.3 Å². The summed E-state index contributed by atoms with van der Waals surface area (Å²) in [4.78, 5) is 49.9. The van der Waals surface area contributed by atoms with E-state index in [4.69, 9.17) is 5.84 Å². The van der Waals surface area contributed by atoms with Gasteiger partial charge in [0.15, 0.2) is 0 Å². The number of thioether (sulfide) groups is 1. The summed E-state index contributed by atoms with van der Waals surface area (Å²) in [5.74, 6) is 4.45. The molecule has 0 saturated carbocycles. The molecular formula is C26H35N5O5S. The summed E-state index contributed by atoms with van der Waals surface area (Å²) in [6.45, 7) is 3.69. The molecule has 0 radical (unpaired) electrons. The highest BCUT2D eigenvalue weighted by molar-refractivity contribution is 7.98. The van der Waals surface area contributed by atoms with Gasteiger partial charge in [-0.15, -0.1) is 0 Å². The predicted molar refractivity (Wildman–Crippen MR) is 143 cm³/mol. The zero-order valence-electron chi connectivity index (χ0n) is 21.0. The number of rotatable bonds is 15. The lowest BCUT2D eigenvalue weighted by molar-refractivity contribution is -0.133. The Balaban J connectivity index is 2.17. The van der Waals surface area contributed by atoms with E-state index in [0.29, 0.717) is 24.1 Å². The van der Waals surface area contributed by atoms with Gasteiger partial charge in [-0.05, 0) is 29.2 Å². The van der Waals surface area contributed by atoms with Gasteiger partial charge in [0, 0.05) is 17.9 Å². The molecule has 0 saturated heterocycles. The second kappa shape index (κ2) is 15.5. The first-order valence-corrected chi connectivity index (χ1v) is 13.1. The number of nitrogens with one attached hydrogen (secondary N) is 4. The number of hydrogen-bond acceptors (Lipinski definition) is 7. The minimum absolute atomic E-state index is 0.0657. The number of phenols is 1. The molecule has 2 rings (SSSR count). The first kappa shape index (κ1) is 29.7. The molecule has 0 aliphatic heterocycles. The van der Waals surface area contributed by atoms with Crippen LogP contribution in [-0.4, -0.2) is 53.1 Å². The lowest BCUT2D eigenvalue weighted by Crippen LogP contribution is -2.59. The van der Waals surface area contributed by atoms with Gasteiger partial charge in [0.05, 0.1) is 0 Å². The Kier molecular flexibility index (Phi) is 12.4. The summed E-state index contributed by atoms with van der Waals surface area (Å²) >= 11 is 1.47. The van der Waals surface area contributed by atoms with E-state index in [1.165, 1.54) is 23.9 Å². The van der Waals surface area contributed by atoms with Gasteiger partial charge in [-0.3, -0.25) is 24.6 Å². The SMILES string of the molecule is CC[C@H](C)[C@H](NC(=O)[C@H](Cc1ccc(O)cc1)NC(=O)[C@H](CSCc1ccccc1)NC=O)C(=O)NN. The molecule has 11 heteroatoms. The van der Waals surface area contributed by atoms with Crippen molar-refractivity contribution < 1.29 is 24.3 Å². The number of aromatic hydroxyl groups is 1. The third-order valence-corrected chi connectivity index (χ3v) is 7.03. The molecule has 37 heavy (non-hydrogen) atoms. The lowest BCUT2D eigenvalue weighted by atomic mass is 9.97. The van der Waals surface area contributed by atoms with Gasteiger partial charge < -0.3 is 21.1 Å². The molecule has 4 atom stereocenters. The van der Waals surface area contributed by atoms with Crippen LogP contribution < -0.4 is 27.2 Å². The van der Waals surface area contributed by atoms with E-state index >= 15 is 0 Å². The minimum atomic E-state index is -1.05. The maximum absolute atomic E-state index is 13.3. The van der Waals surface area contributed by atoms with Crippen molar-refractivity contribution in [3.05, 3.63) is 65.7 Å². The molecule has 200 valence electrons. The van der Waals surface area contributed by atoms with Crippen molar-refractivity contribution in [3.8, 4) is 5.75 Å². The number of carbonyl (C=O) groups excluding carboxylic acids is 4. The highest BCUT2D eigenvalue weighted by atomic mass is 32.2. The van der Waals surface area contributed by atoms with Crippen LogP contribution in [0.15, 0.2) is 54.6 Å². The molecule has 2 aromatic rings. The van der Waals surface area contributed by atoms with Crippen LogP contribution in [0.5, 0.6) is 5.75 Å². The van der Waals surface area contributed by atoms with Crippen LogP contribution in [0.2, 0.25) is 0 Å². The molecule has 0 fully saturated rings. The molecule has 2 aromatic carbocycles. The monoisotopic (exact) mass is 529 g/mol. The summed E-state index contributed by atoms with van der Waals surface area (Å²) in [5, 5.41) is 17.5. The number of carbonyl (C=O) groups is 4. The van der Waals surface area contributed by atoms with Gasteiger partial charge in [0.1, 0.15) is 23.9 Å². The van der Waals surface area contributed by atoms with Crippen molar-refractivity contribution in [2.24, 2.45) is 11.8 Å². The van der Waals surface area contributed by atoms with Crippen LogP contribution in [-0.2, 0) is 31.4 Å². The topological polar surface area (TPSA) is 163 Å². The normalized spacial score (nSPS) is 13.9. The molecule has 0 spiro atoms. The minimum Gasteiger partial charge on any atom is -0.508 e. The first-order chi connectivity index (χ1) is 17.8. The lowest BCUT2D eigenvalue weighted by Gasteiger charge is -2.27. The Morgan fingerprint density at radius 3 is 2.19 bits per heavy atom. The Bertz CT molecular complexity index is 1020. The molecule has 0 unspecified atom stereocenters. The van der Waals surface area contributed by atoms with E-state index in [1.807, 2.05) is 44.2 Å². The Labute approximate surface area is 221 Å². The predicted octanol–water partition coefficient (Wildman–Crippen LogP) is 0.988. The molecule has 7 N–H and O–H groups in total. The third kappa shape index (κ3) is 9.77. The summed E-state index contributed by atoms with van der Waals surface area (Å²) in [5.41, 5.74) is 3.83. The van der Waals surface area contributed by atoms with Gasteiger partial charge in [0.25, 0.3) is 5.91 Å². The largest absolute Gasteiger partial charge is 0.508 e. The van der Waals surface area contributed by atoms with Crippen molar-refractivity contribution in [2.75, 3.05) is 5.75 Å². The zero-order chi connectivity index (χ0) is 27.2. The average molecular weight is 530 g/mol. The highest BCUT2D eigenvalue weighted by Crippen LogP contribution is 2.15.